The number of nitrogens with two attached hydrogens (primary N) is 1. The van der Waals surface area contributed by atoms with Crippen molar-refractivity contribution >= 4 is 5.91 Å². The van der Waals surface area contributed by atoms with Crippen molar-refractivity contribution in [3.05, 3.63) is 35.9 Å². The van der Waals surface area contributed by atoms with Gasteiger partial charge in [-0.15, -0.1) is 0 Å². The largest absolute Gasteiger partial charge is 0.388 e. The predicted molar refractivity (Wildman–Crippen MR) is 92.7 cm³/mol. The van der Waals surface area contributed by atoms with E-state index in [2.05, 4.69) is 13.8 Å². The van der Waals surface area contributed by atoms with Crippen LogP contribution in [0.3, 0.4) is 0 Å². The van der Waals surface area contributed by atoms with E-state index >= 15 is 0 Å². The first-order valence-corrected chi connectivity index (χ1v) is 8.74. The van der Waals surface area contributed by atoms with Gasteiger partial charge in [-0.2, -0.15) is 0 Å². The molecule has 1 saturated heterocycles. The summed E-state index contributed by atoms with van der Waals surface area (Å²) in [4.78, 5) is 14.5. The number of likely N-dealkylation sites (tertiary alicyclic amines) is 1. The van der Waals surface area contributed by atoms with Crippen molar-refractivity contribution in [3.8, 4) is 0 Å². The fourth-order valence-corrected chi connectivity index (χ4v) is 3.48. The normalized spacial score (nSPS) is 18.9. The third-order valence-corrected chi connectivity index (χ3v) is 4.83. The minimum absolute atomic E-state index is 0.0643. The van der Waals surface area contributed by atoms with Crippen molar-refractivity contribution in [1.29, 1.82) is 0 Å². The van der Waals surface area contributed by atoms with Gasteiger partial charge in [-0.05, 0) is 36.7 Å². The molecule has 1 heterocycles. The van der Waals surface area contributed by atoms with E-state index in [-0.39, 0.29) is 17.7 Å². The number of carbonyl (C=O) groups excluding carboxylic acids is 1. The number of aliphatic hydroxyl groups is 1. The highest BCUT2D eigenvalue weighted by Crippen LogP contribution is 2.31. The average Bonchev–Trinajstić information content (AvgIpc) is 2.59. The molecule has 0 radical (unpaired) electrons. The van der Waals surface area contributed by atoms with Gasteiger partial charge >= 0.3 is 0 Å². The van der Waals surface area contributed by atoms with Crippen LogP contribution in [0, 0.1) is 17.8 Å². The SMILES string of the molecule is CC(C)CC(CN)C(=O)N1CCC(C(O)c2ccccc2)CC1. The number of piperidine rings is 1. The van der Waals surface area contributed by atoms with Gasteiger partial charge in [-0.3, -0.25) is 4.79 Å². The highest BCUT2D eigenvalue weighted by atomic mass is 16.3. The van der Waals surface area contributed by atoms with Gasteiger partial charge in [0.05, 0.1) is 12.0 Å². The average molecular weight is 318 g/mol. The Kier molecular flexibility index (Phi) is 6.60. The van der Waals surface area contributed by atoms with E-state index in [1.807, 2.05) is 35.2 Å². The van der Waals surface area contributed by atoms with Crippen LogP contribution in [-0.2, 0) is 4.79 Å². The number of rotatable bonds is 6. The molecule has 3 N–H and O–H groups in total. The van der Waals surface area contributed by atoms with Crippen LogP contribution >= 0.6 is 0 Å². The lowest BCUT2D eigenvalue weighted by Crippen LogP contribution is -2.44. The third kappa shape index (κ3) is 4.79. The molecule has 0 bridgehead atoms. The minimum Gasteiger partial charge on any atom is -0.388 e. The van der Waals surface area contributed by atoms with E-state index in [4.69, 9.17) is 5.73 Å². The summed E-state index contributed by atoms with van der Waals surface area (Å²) < 4.78 is 0. The molecule has 23 heavy (non-hydrogen) atoms. The topological polar surface area (TPSA) is 66.6 Å². The van der Waals surface area contributed by atoms with E-state index in [1.54, 1.807) is 0 Å². The van der Waals surface area contributed by atoms with Crippen molar-refractivity contribution in [2.75, 3.05) is 19.6 Å². The Labute approximate surface area is 139 Å². The molecule has 1 aromatic carbocycles. The van der Waals surface area contributed by atoms with Crippen molar-refractivity contribution in [2.45, 2.75) is 39.2 Å². The van der Waals surface area contributed by atoms with Crippen LogP contribution in [0.1, 0.15) is 44.8 Å². The second-order valence-electron chi connectivity index (χ2n) is 7.08. The molecular weight excluding hydrogens is 288 g/mol. The van der Waals surface area contributed by atoms with Crippen LogP contribution in [0.2, 0.25) is 0 Å². The lowest BCUT2D eigenvalue weighted by Gasteiger charge is -2.36. The summed E-state index contributed by atoms with van der Waals surface area (Å²) in [5.74, 6) is 0.826. The van der Waals surface area contributed by atoms with Gasteiger partial charge in [0.2, 0.25) is 5.91 Å². The minimum atomic E-state index is -0.436. The van der Waals surface area contributed by atoms with E-state index in [0.29, 0.717) is 12.5 Å². The number of carbonyl (C=O) groups is 1. The Morgan fingerprint density at radius 1 is 1.26 bits per heavy atom. The molecule has 4 heteroatoms. The number of hydrogen-bond acceptors (Lipinski definition) is 3. The molecule has 2 rings (SSSR count). The van der Waals surface area contributed by atoms with E-state index in [9.17, 15) is 9.90 Å². The number of hydrogen-bond donors (Lipinski definition) is 2. The second kappa shape index (κ2) is 8.46. The molecule has 4 nitrogen and oxygen atoms in total. The monoisotopic (exact) mass is 318 g/mol. The Morgan fingerprint density at radius 2 is 1.87 bits per heavy atom. The van der Waals surface area contributed by atoms with Crippen molar-refractivity contribution in [2.24, 2.45) is 23.5 Å². The van der Waals surface area contributed by atoms with Gasteiger partial charge < -0.3 is 15.7 Å². The molecule has 1 aromatic rings. The molecule has 1 aliphatic rings. The van der Waals surface area contributed by atoms with E-state index in [0.717, 1.165) is 37.9 Å². The van der Waals surface area contributed by atoms with Crippen LogP contribution in [0.4, 0.5) is 0 Å². The Morgan fingerprint density at radius 3 is 2.39 bits per heavy atom. The van der Waals surface area contributed by atoms with Crippen LogP contribution < -0.4 is 5.73 Å². The molecule has 1 aliphatic heterocycles. The third-order valence-electron chi connectivity index (χ3n) is 4.83. The molecule has 0 spiro atoms. The zero-order chi connectivity index (χ0) is 16.8. The van der Waals surface area contributed by atoms with Crippen LogP contribution in [0.25, 0.3) is 0 Å². The van der Waals surface area contributed by atoms with Gasteiger partial charge in [0.1, 0.15) is 0 Å². The highest BCUT2D eigenvalue weighted by molar-refractivity contribution is 5.79. The fraction of sp³-hybridized carbons (Fsp3) is 0.632. The fourth-order valence-electron chi connectivity index (χ4n) is 3.48. The number of benzene rings is 1. The summed E-state index contributed by atoms with van der Waals surface area (Å²) in [5.41, 5.74) is 6.76. The zero-order valence-electron chi connectivity index (χ0n) is 14.3. The molecule has 0 aromatic heterocycles. The van der Waals surface area contributed by atoms with Crippen molar-refractivity contribution in [3.63, 3.8) is 0 Å². The standard InChI is InChI=1S/C19H30N2O2/c1-14(2)12-17(13-20)19(23)21-10-8-16(9-11-21)18(22)15-6-4-3-5-7-15/h3-7,14,16-18,22H,8-13,20H2,1-2H3. The molecule has 128 valence electrons. The number of aliphatic hydroxyl groups excluding tert-OH is 1. The summed E-state index contributed by atoms with van der Waals surface area (Å²) in [5, 5.41) is 10.5. The molecule has 2 atom stereocenters. The lowest BCUT2D eigenvalue weighted by molar-refractivity contribution is -0.137. The van der Waals surface area contributed by atoms with Crippen LogP contribution in [0.15, 0.2) is 30.3 Å². The number of amides is 1. The first kappa shape index (κ1) is 18.0. The first-order chi connectivity index (χ1) is 11.0. The summed E-state index contributed by atoms with van der Waals surface area (Å²) in [6.07, 6.45) is 2.11. The first-order valence-electron chi connectivity index (χ1n) is 8.74. The maximum atomic E-state index is 12.6. The number of nitrogens with zero attached hydrogens (tertiary/aromatic N) is 1. The van der Waals surface area contributed by atoms with Gasteiger partial charge in [-0.25, -0.2) is 0 Å². The van der Waals surface area contributed by atoms with Crippen LogP contribution in [-0.4, -0.2) is 35.5 Å². The summed E-state index contributed by atoms with van der Waals surface area (Å²) in [6, 6.07) is 9.80. The second-order valence-corrected chi connectivity index (χ2v) is 7.08. The Hall–Kier alpha value is -1.39. The summed E-state index contributed by atoms with van der Waals surface area (Å²) in [6.45, 7) is 6.12. The molecular formula is C19H30N2O2. The maximum absolute atomic E-state index is 12.6. The predicted octanol–water partition coefficient (Wildman–Crippen LogP) is 2.58. The smallest absolute Gasteiger partial charge is 0.226 e. The van der Waals surface area contributed by atoms with Crippen LogP contribution in [0.5, 0.6) is 0 Å². The zero-order valence-corrected chi connectivity index (χ0v) is 14.3. The lowest BCUT2D eigenvalue weighted by atomic mass is 9.86. The molecule has 1 amide bonds. The summed E-state index contributed by atoms with van der Waals surface area (Å²) in [7, 11) is 0. The summed E-state index contributed by atoms with van der Waals surface area (Å²) >= 11 is 0. The molecule has 2 unspecified atom stereocenters. The van der Waals surface area contributed by atoms with E-state index < -0.39 is 6.10 Å². The molecule has 1 fully saturated rings. The van der Waals surface area contributed by atoms with Gasteiger partial charge in [0, 0.05) is 19.6 Å². The highest BCUT2D eigenvalue weighted by Gasteiger charge is 2.30. The Bertz CT molecular complexity index is 481. The van der Waals surface area contributed by atoms with E-state index in [1.165, 1.54) is 0 Å². The molecule has 0 saturated carbocycles. The van der Waals surface area contributed by atoms with Gasteiger partial charge in [0.15, 0.2) is 0 Å². The molecule has 0 aliphatic carbocycles. The van der Waals surface area contributed by atoms with Crippen molar-refractivity contribution < 1.29 is 9.90 Å². The maximum Gasteiger partial charge on any atom is 0.226 e. The van der Waals surface area contributed by atoms with Crippen molar-refractivity contribution in [1.82, 2.24) is 4.90 Å². The quantitative estimate of drug-likeness (QED) is 0.847. The Balaban J connectivity index is 1.89. The van der Waals surface area contributed by atoms with Gasteiger partial charge in [0.25, 0.3) is 0 Å². The van der Waals surface area contributed by atoms with Gasteiger partial charge in [-0.1, -0.05) is 44.2 Å².